The summed E-state index contributed by atoms with van der Waals surface area (Å²) in [5, 5.41) is 12.6. The number of hydrogen-bond acceptors (Lipinski definition) is 5. The van der Waals surface area contributed by atoms with Crippen LogP contribution in [0.1, 0.15) is 25.6 Å². The summed E-state index contributed by atoms with van der Waals surface area (Å²) >= 11 is 1.47. The van der Waals surface area contributed by atoms with Gasteiger partial charge >= 0.3 is 6.09 Å². The highest BCUT2D eigenvalue weighted by atomic mass is 32.1. The van der Waals surface area contributed by atoms with Crippen molar-refractivity contribution >= 4 is 33.3 Å². The van der Waals surface area contributed by atoms with Crippen molar-refractivity contribution in [2.24, 2.45) is 0 Å². The molecule has 0 atom stereocenters. The maximum atomic E-state index is 11.6. The average molecular weight is 280 g/mol. The van der Waals surface area contributed by atoms with E-state index in [2.05, 4.69) is 10.3 Å². The van der Waals surface area contributed by atoms with E-state index in [1.165, 1.54) is 11.3 Å². The molecule has 2 aromatic rings. The predicted molar refractivity (Wildman–Crippen MR) is 75.4 cm³/mol. The normalized spacial score (nSPS) is 11.6. The largest absolute Gasteiger partial charge is 0.444 e. The smallest absolute Gasteiger partial charge is 0.413 e. The number of aromatic nitrogens is 1. The third-order valence-corrected chi connectivity index (χ3v) is 3.32. The molecule has 19 heavy (non-hydrogen) atoms. The number of aliphatic hydroxyl groups is 1. The Bertz CT molecular complexity index is 601. The van der Waals surface area contributed by atoms with Crippen LogP contribution in [0.2, 0.25) is 0 Å². The fraction of sp³-hybridized carbons (Fsp3) is 0.385. The summed E-state index contributed by atoms with van der Waals surface area (Å²) in [5.74, 6) is 0.438. The molecule has 2 rings (SSSR count). The van der Waals surface area contributed by atoms with Gasteiger partial charge in [-0.3, -0.25) is 5.32 Å². The summed E-state index contributed by atoms with van der Waals surface area (Å²) in [4.78, 5) is 16.6. The number of ether oxygens (including phenoxy) is 1. The Morgan fingerprint density at radius 1 is 1.47 bits per heavy atom. The molecule has 0 aliphatic heterocycles. The Morgan fingerprint density at radius 2 is 2.21 bits per heavy atom. The first kappa shape index (κ1) is 13.8. The summed E-state index contributed by atoms with van der Waals surface area (Å²) in [5.41, 5.74) is -0.541. The van der Waals surface area contributed by atoms with E-state index in [4.69, 9.17) is 9.84 Å². The van der Waals surface area contributed by atoms with Gasteiger partial charge in [-0.1, -0.05) is 0 Å². The number of rotatable bonds is 2. The van der Waals surface area contributed by atoms with Crippen LogP contribution in [0.5, 0.6) is 0 Å². The Kier molecular flexibility index (Phi) is 3.73. The molecule has 0 aliphatic rings. The number of thiophene rings is 1. The summed E-state index contributed by atoms with van der Waals surface area (Å²) in [6.45, 7) is 5.41. The quantitative estimate of drug-likeness (QED) is 0.886. The average Bonchev–Trinajstić information content (AvgIpc) is 2.68. The molecule has 0 saturated heterocycles. The molecule has 0 saturated carbocycles. The minimum Gasteiger partial charge on any atom is -0.444 e. The summed E-state index contributed by atoms with van der Waals surface area (Å²) < 4.78 is 6.12. The third kappa shape index (κ3) is 3.65. The molecule has 102 valence electrons. The molecular formula is C13H16N2O3S. The van der Waals surface area contributed by atoms with Crippen molar-refractivity contribution in [2.45, 2.75) is 33.0 Å². The van der Waals surface area contributed by atoms with Gasteiger partial charge in [0.05, 0.1) is 6.61 Å². The van der Waals surface area contributed by atoms with Crippen molar-refractivity contribution in [2.75, 3.05) is 5.32 Å². The molecule has 0 aromatic carbocycles. The minimum absolute atomic E-state index is 0.00811. The van der Waals surface area contributed by atoms with Gasteiger partial charge in [-0.05, 0) is 32.9 Å². The van der Waals surface area contributed by atoms with Crippen molar-refractivity contribution in [1.82, 2.24) is 4.98 Å². The number of pyridine rings is 1. The van der Waals surface area contributed by atoms with Crippen LogP contribution in [-0.4, -0.2) is 21.8 Å². The zero-order valence-electron chi connectivity index (χ0n) is 11.1. The van der Waals surface area contributed by atoms with Gasteiger partial charge in [0.1, 0.15) is 11.4 Å². The highest BCUT2D eigenvalue weighted by Gasteiger charge is 2.16. The highest BCUT2D eigenvalue weighted by Crippen LogP contribution is 2.27. The number of hydrogen-bond donors (Lipinski definition) is 2. The third-order valence-electron chi connectivity index (χ3n) is 2.24. The molecule has 0 aliphatic carbocycles. The fourth-order valence-electron chi connectivity index (χ4n) is 1.54. The fourth-order valence-corrected chi connectivity index (χ4v) is 2.48. The SMILES string of the molecule is CC(C)(C)OC(=O)Nc1cc2sc(CO)cc2cn1. The van der Waals surface area contributed by atoms with Gasteiger partial charge in [-0.15, -0.1) is 11.3 Å². The van der Waals surface area contributed by atoms with E-state index in [1.807, 2.05) is 6.07 Å². The predicted octanol–water partition coefficient (Wildman–Crippen LogP) is 3.14. The van der Waals surface area contributed by atoms with Crippen LogP contribution < -0.4 is 5.32 Å². The molecular weight excluding hydrogens is 264 g/mol. The maximum Gasteiger partial charge on any atom is 0.413 e. The number of nitrogens with zero attached hydrogens (tertiary/aromatic N) is 1. The van der Waals surface area contributed by atoms with Gasteiger partial charge in [-0.25, -0.2) is 9.78 Å². The van der Waals surface area contributed by atoms with E-state index in [1.54, 1.807) is 33.0 Å². The summed E-state index contributed by atoms with van der Waals surface area (Å²) in [6, 6.07) is 3.65. The van der Waals surface area contributed by atoms with Gasteiger partial charge in [0.15, 0.2) is 0 Å². The molecule has 0 bridgehead atoms. The minimum atomic E-state index is -0.541. The molecule has 0 fully saturated rings. The number of carbonyl (C=O) groups is 1. The van der Waals surface area contributed by atoms with Gasteiger partial charge < -0.3 is 9.84 Å². The molecule has 2 N–H and O–H groups in total. The Morgan fingerprint density at radius 3 is 2.84 bits per heavy atom. The molecule has 5 nitrogen and oxygen atoms in total. The van der Waals surface area contributed by atoms with Gasteiger partial charge in [0.25, 0.3) is 0 Å². The number of anilines is 1. The monoisotopic (exact) mass is 280 g/mol. The first-order valence-electron chi connectivity index (χ1n) is 5.87. The second kappa shape index (κ2) is 5.14. The van der Waals surface area contributed by atoms with Crippen LogP contribution in [-0.2, 0) is 11.3 Å². The van der Waals surface area contributed by atoms with Crippen molar-refractivity contribution in [1.29, 1.82) is 0 Å². The lowest BCUT2D eigenvalue weighted by Crippen LogP contribution is -2.27. The van der Waals surface area contributed by atoms with Crippen LogP contribution in [0.25, 0.3) is 10.1 Å². The first-order chi connectivity index (χ1) is 8.87. The van der Waals surface area contributed by atoms with Crippen molar-refractivity contribution < 1.29 is 14.6 Å². The summed E-state index contributed by atoms with van der Waals surface area (Å²) in [6.07, 6.45) is 1.14. The Labute approximate surface area is 115 Å². The van der Waals surface area contributed by atoms with Crippen LogP contribution in [0.3, 0.4) is 0 Å². The summed E-state index contributed by atoms with van der Waals surface area (Å²) in [7, 11) is 0. The first-order valence-corrected chi connectivity index (χ1v) is 6.68. The molecule has 6 heteroatoms. The van der Waals surface area contributed by atoms with Gasteiger partial charge in [-0.2, -0.15) is 0 Å². The van der Waals surface area contributed by atoms with Crippen LogP contribution in [0, 0.1) is 0 Å². The van der Waals surface area contributed by atoms with E-state index in [-0.39, 0.29) is 6.61 Å². The van der Waals surface area contributed by atoms with Crippen molar-refractivity contribution in [3.05, 3.63) is 23.2 Å². The molecule has 0 unspecified atom stereocenters. The second-order valence-electron chi connectivity index (χ2n) is 5.11. The van der Waals surface area contributed by atoms with E-state index in [9.17, 15) is 4.79 Å². The number of aliphatic hydroxyl groups excluding tert-OH is 1. The molecule has 2 aromatic heterocycles. The highest BCUT2D eigenvalue weighted by molar-refractivity contribution is 7.19. The lowest BCUT2D eigenvalue weighted by Gasteiger charge is -2.19. The molecule has 1 amide bonds. The zero-order valence-corrected chi connectivity index (χ0v) is 11.9. The molecule has 0 radical (unpaired) electrons. The van der Waals surface area contributed by atoms with Crippen molar-refractivity contribution in [3.8, 4) is 0 Å². The van der Waals surface area contributed by atoms with Gasteiger partial charge in [0.2, 0.25) is 0 Å². The van der Waals surface area contributed by atoms with E-state index >= 15 is 0 Å². The topological polar surface area (TPSA) is 71.5 Å². The van der Waals surface area contributed by atoms with E-state index in [0.29, 0.717) is 5.82 Å². The van der Waals surface area contributed by atoms with Crippen LogP contribution >= 0.6 is 11.3 Å². The Balaban J connectivity index is 2.15. The van der Waals surface area contributed by atoms with Crippen LogP contribution in [0.15, 0.2) is 18.3 Å². The van der Waals surface area contributed by atoms with Crippen molar-refractivity contribution in [3.63, 3.8) is 0 Å². The van der Waals surface area contributed by atoms with Gasteiger partial charge in [0, 0.05) is 21.2 Å². The van der Waals surface area contributed by atoms with E-state index < -0.39 is 11.7 Å². The van der Waals surface area contributed by atoms with E-state index in [0.717, 1.165) is 15.0 Å². The molecule has 2 heterocycles. The maximum absolute atomic E-state index is 11.6. The zero-order chi connectivity index (χ0) is 14.0. The molecule has 0 spiro atoms. The number of fused-ring (bicyclic) bond motifs is 1. The number of amides is 1. The number of carbonyl (C=O) groups excluding carboxylic acids is 1. The number of nitrogens with one attached hydrogen (secondary N) is 1. The Hall–Kier alpha value is -1.66. The van der Waals surface area contributed by atoms with Crippen LogP contribution in [0.4, 0.5) is 10.6 Å². The lowest BCUT2D eigenvalue weighted by atomic mass is 10.2. The lowest BCUT2D eigenvalue weighted by molar-refractivity contribution is 0.0635. The standard InChI is InChI=1S/C13H16N2O3S/c1-13(2,3)18-12(17)15-11-5-10-8(6-14-11)4-9(7-16)19-10/h4-6,16H,7H2,1-3H3,(H,14,15,17). The second-order valence-corrected chi connectivity index (χ2v) is 6.27.